The first-order chi connectivity index (χ1) is 14.4. The molecule has 0 saturated carbocycles. The highest BCUT2D eigenvalue weighted by Gasteiger charge is 2.31. The van der Waals surface area contributed by atoms with Crippen LogP contribution in [0.3, 0.4) is 0 Å². The second-order valence-corrected chi connectivity index (χ2v) is 7.50. The third-order valence-corrected chi connectivity index (χ3v) is 5.26. The van der Waals surface area contributed by atoms with Gasteiger partial charge in [0.15, 0.2) is 5.52 Å². The Hall–Kier alpha value is -2.75. The lowest BCUT2D eigenvalue weighted by Crippen LogP contribution is -2.41. The summed E-state index contributed by atoms with van der Waals surface area (Å²) in [5.41, 5.74) is 1.57. The van der Waals surface area contributed by atoms with E-state index < -0.39 is 6.04 Å². The van der Waals surface area contributed by atoms with Crippen molar-refractivity contribution in [2.24, 2.45) is 7.05 Å². The van der Waals surface area contributed by atoms with E-state index in [9.17, 15) is 14.4 Å². The molecule has 3 rings (SSSR count). The Bertz CT molecular complexity index is 995. The van der Waals surface area contributed by atoms with E-state index >= 15 is 0 Å². The fourth-order valence-electron chi connectivity index (χ4n) is 3.88. The quantitative estimate of drug-likeness (QED) is 0.582. The van der Waals surface area contributed by atoms with E-state index in [1.54, 1.807) is 18.7 Å². The highest BCUT2D eigenvalue weighted by Crippen LogP contribution is 2.15. The minimum Gasteiger partial charge on any atom is -0.465 e. The summed E-state index contributed by atoms with van der Waals surface area (Å²) in [5, 5.41) is 10.4. The Balaban J connectivity index is 1.78. The molecule has 0 aliphatic carbocycles. The van der Waals surface area contributed by atoms with Crippen LogP contribution in [0.25, 0.3) is 11.0 Å². The zero-order valence-corrected chi connectivity index (χ0v) is 18.0. The van der Waals surface area contributed by atoms with Crippen LogP contribution in [0.15, 0.2) is 4.79 Å². The fourth-order valence-corrected chi connectivity index (χ4v) is 3.88. The molecule has 0 radical (unpaired) electrons. The summed E-state index contributed by atoms with van der Waals surface area (Å²) in [4.78, 5) is 42.3. The molecule has 1 amide bonds. The third kappa shape index (κ3) is 4.38. The molecule has 0 spiro atoms. The number of hydrogen-bond acceptors (Lipinski definition) is 7. The predicted molar refractivity (Wildman–Crippen MR) is 111 cm³/mol. The van der Waals surface area contributed by atoms with Crippen LogP contribution in [-0.2, 0) is 40.8 Å². The van der Waals surface area contributed by atoms with Crippen LogP contribution in [-0.4, -0.2) is 56.4 Å². The van der Waals surface area contributed by atoms with Gasteiger partial charge in [0.05, 0.1) is 12.3 Å². The van der Waals surface area contributed by atoms with Crippen LogP contribution in [0.1, 0.15) is 45.1 Å². The van der Waals surface area contributed by atoms with E-state index in [2.05, 4.69) is 27.6 Å². The summed E-state index contributed by atoms with van der Waals surface area (Å²) in [6.07, 6.45) is 2.63. The molecular weight excluding hydrogens is 388 g/mol. The average Bonchev–Trinajstić information content (AvgIpc) is 3.29. The van der Waals surface area contributed by atoms with Crippen molar-refractivity contribution in [3.63, 3.8) is 0 Å². The normalized spacial score (nSPS) is 18.7. The topological polar surface area (TPSA) is 120 Å². The summed E-state index contributed by atoms with van der Waals surface area (Å²) in [5.74, 6) is -0.0466. The molecule has 2 aromatic rings. The van der Waals surface area contributed by atoms with Gasteiger partial charge in [-0.2, -0.15) is 5.10 Å². The number of aryl methyl sites for hydroxylation is 3. The van der Waals surface area contributed by atoms with Gasteiger partial charge in [-0.1, -0.05) is 20.3 Å². The average molecular weight is 418 g/mol. The highest BCUT2D eigenvalue weighted by molar-refractivity contribution is 5.80. The minimum atomic E-state index is -0.423. The first kappa shape index (κ1) is 21.9. The maximum atomic E-state index is 13.1. The molecule has 1 saturated heterocycles. The molecule has 3 heterocycles. The Morgan fingerprint density at radius 3 is 2.73 bits per heavy atom. The molecule has 1 fully saturated rings. The van der Waals surface area contributed by atoms with Gasteiger partial charge in [-0.3, -0.25) is 23.6 Å². The van der Waals surface area contributed by atoms with E-state index in [4.69, 9.17) is 4.74 Å². The number of carbonyl (C=O) groups excluding carboxylic acids is 2. The van der Waals surface area contributed by atoms with Gasteiger partial charge in [0.1, 0.15) is 23.9 Å². The summed E-state index contributed by atoms with van der Waals surface area (Å²) >= 11 is 0. The second-order valence-electron chi connectivity index (χ2n) is 7.50. The number of rotatable bonds is 8. The highest BCUT2D eigenvalue weighted by atomic mass is 16.5. The number of nitrogens with one attached hydrogen (secondary N) is 2. The monoisotopic (exact) mass is 418 g/mol. The number of carbonyl (C=O) groups is 2. The summed E-state index contributed by atoms with van der Waals surface area (Å²) < 4.78 is 7.98. The Kier molecular flexibility index (Phi) is 6.86. The van der Waals surface area contributed by atoms with E-state index in [0.29, 0.717) is 42.9 Å². The molecule has 0 unspecified atom stereocenters. The zero-order valence-electron chi connectivity index (χ0n) is 18.0. The van der Waals surface area contributed by atoms with Crippen molar-refractivity contribution >= 4 is 22.9 Å². The van der Waals surface area contributed by atoms with Crippen molar-refractivity contribution in [2.75, 3.05) is 13.2 Å². The van der Waals surface area contributed by atoms with Crippen molar-refractivity contribution in [3.05, 3.63) is 21.9 Å². The smallest absolute Gasteiger partial charge is 0.323 e. The predicted octanol–water partition coefficient (Wildman–Crippen LogP) is 0.0547. The zero-order chi connectivity index (χ0) is 21.8. The van der Waals surface area contributed by atoms with Gasteiger partial charge < -0.3 is 15.4 Å². The van der Waals surface area contributed by atoms with Gasteiger partial charge in [0.25, 0.3) is 5.56 Å². The standard InChI is InChI=1S/C20H30N6O4/c1-5-8-13-17-18(25(4)24-13)19(28)26(15(6-2)23-17)11-16(27)22-12-9-14(21-10-12)20(29)30-7-3/h12,14,21H,5-11H2,1-4H3,(H,22,27)/t12-,14-/m0/s1. The molecule has 164 valence electrons. The van der Waals surface area contributed by atoms with Crippen LogP contribution < -0.4 is 16.2 Å². The number of ether oxygens (including phenoxy) is 1. The number of esters is 1. The lowest BCUT2D eigenvalue weighted by atomic mass is 10.1. The van der Waals surface area contributed by atoms with Gasteiger partial charge in [-0.05, 0) is 19.8 Å². The summed E-state index contributed by atoms with van der Waals surface area (Å²) in [7, 11) is 1.72. The molecular formula is C20H30N6O4. The van der Waals surface area contributed by atoms with E-state index in [-0.39, 0.29) is 30.0 Å². The number of amides is 1. The van der Waals surface area contributed by atoms with Crippen LogP contribution in [0, 0.1) is 0 Å². The Morgan fingerprint density at radius 1 is 1.30 bits per heavy atom. The molecule has 2 N–H and O–H groups in total. The minimum absolute atomic E-state index is 0.125. The number of aromatic nitrogens is 4. The Labute approximate surface area is 175 Å². The summed E-state index contributed by atoms with van der Waals surface area (Å²) in [6, 6.07) is -0.620. The Morgan fingerprint density at radius 2 is 2.07 bits per heavy atom. The third-order valence-electron chi connectivity index (χ3n) is 5.26. The van der Waals surface area contributed by atoms with E-state index in [1.165, 1.54) is 4.57 Å². The second kappa shape index (κ2) is 9.38. The summed E-state index contributed by atoms with van der Waals surface area (Å²) in [6.45, 7) is 6.39. The maximum absolute atomic E-state index is 13.1. The van der Waals surface area contributed by atoms with Crippen LogP contribution in [0.2, 0.25) is 0 Å². The maximum Gasteiger partial charge on any atom is 0.323 e. The largest absolute Gasteiger partial charge is 0.465 e. The van der Waals surface area contributed by atoms with Crippen molar-refractivity contribution in [1.29, 1.82) is 0 Å². The molecule has 10 nitrogen and oxygen atoms in total. The number of nitrogens with zero attached hydrogens (tertiary/aromatic N) is 4. The molecule has 1 aliphatic heterocycles. The number of fused-ring (bicyclic) bond motifs is 1. The fraction of sp³-hybridized carbons (Fsp3) is 0.650. The molecule has 0 bridgehead atoms. The molecule has 0 aromatic carbocycles. The van der Waals surface area contributed by atoms with E-state index in [0.717, 1.165) is 18.5 Å². The van der Waals surface area contributed by atoms with Crippen molar-refractivity contribution in [1.82, 2.24) is 30.0 Å². The molecule has 30 heavy (non-hydrogen) atoms. The molecule has 2 atom stereocenters. The van der Waals surface area contributed by atoms with Crippen LogP contribution in [0.5, 0.6) is 0 Å². The van der Waals surface area contributed by atoms with E-state index in [1.807, 2.05) is 6.92 Å². The van der Waals surface area contributed by atoms with Gasteiger partial charge in [0, 0.05) is 26.1 Å². The molecule has 1 aliphatic rings. The van der Waals surface area contributed by atoms with Crippen molar-refractivity contribution in [2.45, 2.75) is 65.1 Å². The van der Waals surface area contributed by atoms with Crippen LogP contribution >= 0.6 is 0 Å². The SMILES string of the molecule is CCCc1nn(C)c2c(=O)n(CC(=O)N[C@@H]3CN[C@H](C(=O)OCC)C3)c(CC)nc12. The van der Waals surface area contributed by atoms with Crippen LogP contribution in [0.4, 0.5) is 0 Å². The molecule has 10 heteroatoms. The van der Waals surface area contributed by atoms with Gasteiger partial charge >= 0.3 is 5.97 Å². The van der Waals surface area contributed by atoms with Crippen molar-refractivity contribution in [3.8, 4) is 0 Å². The molecule has 2 aromatic heterocycles. The van der Waals surface area contributed by atoms with Crippen molar-refractivity contribution < 1.29 is 14.3 Å². The first-order valence-electron chi connectivity index (χ1n) is 10.5. The lowest BCUT2D eigenvalue weighted by molar-refractivity contribution is -0.145. The van der Waals surface area contributed by atoms with Gasteiger partial charge in [-0.15, -0.1) is 0 Å². The number of hydrogen-bond donors (Lipinski definition) is 2. The lowest BCUT2D eigenvalue weighted by Gasteiger charge is -2.15. The van der Waals surface area contributed by atoms with Gasteiger partial charge in [-0.25, -0.2) is 4.98 Å². The van der Waals surface area contributed by atoms with Gasteiger partial charge in [0.2, 0.25) is 5.91 Å². The first-order valence-corrected chi connectivity index (χ1v) is 10.5.